The van der Waals surface area contributed by atoms with Crippen LogP contribution in [-0.2, 0) is 4.74 Å². The maximum atomic E-state index is 12.1. The van der Waals surface area contributed by atoms with Gasteiger partial charge in [0.1, 0.15) is 11.9 Å². The summed E-state index contributed by atoms with van der Waals surface area (Å²) in [5.41, 5.74) is 0.521. The fraction of sp³-hybridized carbons (Fsp3) is 0.471. The fourth-order valence-electron chi connectivity index (χ4n) is 2.48. The second kappa shape index (κ2) is 6.90. The van der Waals surface area contributed by atoms with E-state index in [1.165, 1.54) is 6.07 Å². The monoisotopic (exact) mass is 334 g/mol. The number of aldehydes is 1. The molecule has 0 radical (unpaired) electrons. The number of benzene rings is 1. The van der Waals surface area contributed by atoms with Crippen LogP contribution in [0.25, 0.3) is 0 Å². The number of carbonyl (C=O) groups excluding carboxylic acids is 2. The number of ether oxygens (including phenoxy) is 1. The minimum Gasteiger partial charge on any atom is -0.478 e. The van der Waals surface area contributed by atoms with Gasteiger partial charge in [-0.15, -0.1) is 0 Å². The molecule has 130 valence electrons. The van der Waals surface area contributed by atoms with Crippen LogP contribution in [0.2, 0.25) is 0 Å². The predicted molar refractivity (Wildman–Crippen MR) is 88.8 cm³/mol. The highest BCUT2D eigenvalue weighted by Crippen LogP contribution is 2.21. The molecule has 1 saturated heterocycles. The lowest BCUT2D eigenvalue weighted by atomic mass is 10.1. The summed E-state index contributed by atoms with van der Waals surface area (Å²) in [7, 11) is 0. The molecule has 1 aromatic rings. The van der Waals surface area contributed by atoms with Crippen molar-refractivity contribution in [2.24, 2.45) is 0 Å². The first-order valence-corrected chi connectivity index (χ1v) is 7.76. The number of amides is 1. The van der Waals surface area contributed by atoms with Crippen LogP contribution in [0, 0.1) is 0 Å². The van der Waals surface area contributed by atoms with Crippen molar-refractivity contribution < 1.29 is 24.2 Å². The van der Waals surface area contributed by atoms with Gasteiger partial charge in [-0.25, -0.2) is 9.59 Å². The van der Waals surface area contributed by atoms with Crippen LogP contribution in [-0.4, -0.2) is 60.1 Å². The lowest BCUT2D eigenvalue weighted by molar-refractivity contribution is 0.0240. The first-order chi connectivity index (χ1) is 11.2. The van der Waals surface area contributed by atoms with Crippen molar-refractivity contribution in [2.45, 2.75) is 26.4 Å². The average molecular weight is 334 g/mol. The van der Waals surface area contributed by atoms with E-state index in [0.717, 1.165) is 0 Å². The second-order valence-corrected chi connectivity index (χ2v) is 6.69. The number of hydrogen-bond donors (Lipinski definition) is 1. The molecule has 0 spiro atoms. The van der Waals surface area contributed by atoms with Crippen molar-refractivity contribution in [1.29, 1.82) is 0 Å². The summed E-state index contributed by atoms with van der Waals surface area (Å²) in [6.45, 7) is 7.49. The van der Waals surface area contributed by atoms with Crippen LogP contribution < -0.4 is 4.90 Å². The van der Waals surface area contributed by atoms with E-state index in [0.29, 0.717) is 43.7 Å². The molecule has 0 saturated carbocycles. The minimum atomic E-state index is -1.08. The maximum Gasteiger partial charge on any atom is 0.410 e. The van der Waals surface area contributed by atoms with Crippen LogP contribution in [0.3, 0.4) is 0 Å². The SMILES string of the molecule is CC(C)(C)OC(=O)N1CCN(c2cc(C=O)cc(C(=O)O)c2)CC1. The Bertz CT molecular complexity index is 643. The minimum absolute atomic E-state index is 0.0733. The van der Waals surface area contributed by atoms with Gasteiger partial charge in [-0.1, -0.05) is 0 Å². The van der Waals surface area contributed by atoms with Crippen LogP contribution in [0.4, 0.5) is 10.5 Å². The Morgan fingerprint density at radius 3 is 2.25 bits per heavy atom. The van der Waals surface area contributed by atoms with Gasteiger partial charge in [-0.3, -0.25) is 4.79 Å². The number of hydrogen-bond acceptors (Lipinski definition) is 5. The van der Waals surface area contributed by atoms with E-state index in [2.05, 4.69) is 0 Å². The van der Waals surface area contributed by atoms with E-state index in [9.17, 15) is 14.4 Å². The molecule has 0 aromatic heterocycles. The van der Waals surface area contributed by atoms with E-state index in [1.807, 2.05) is 25.7 Å². The molecule has 0 bridgehead atoms. The second-order valence-electron chi connectivity index (χ2n) is 6.69. The number of anilines is 1. The van der Waals surface area contributed by atoms with Gasteiger partial charge in [0, 0.05) is 37.4 Å². The van der Waals surface area contributed by atoms with Gasteiger partial charge in [0.25, 0.3) is 0 Å². The van der Waals surface area contributed by atoms with Crippen molar-refractivity contribution in [1.82, 2.24) is 4.90 Å². The van der Waals surface area contributed by atoms with Crippen molar-refractivity contribution in [3.63, 3.8) is 0 Å². The van der Waals surface area contributed by atoms with Gasteiger partial charge in [0.15, 0.2) is 0 Å². The van der Waals surface area contributed by atoms with Gasteiger partial charge >= 0.3 is 12.1 Å². The molecule has 7 nitrogen and oxygen atoms in total. The molecule has 1 N–H and O–H groups in total. The number of carboxylic acid groups (broad SMARTS) is 1. The van der Waals surface area contributed by atoms with E-state index in [4.69, 9.17) is 9.84 Å². The molecule has 1 aromatic carbocycles. The summed E-state index contributed by atoms with van der Waals surface area (Å²) in [5.74, 6) is -1.08. The number of aromatic carboxylic acids is 1. The molecule has 7 heteroatoms. The van der Waals surface area contributed by atoms with Gasteiger partial charge in [-0.05, 0) is 39.0 Å². The zero-order valence-corrected chi connectivity index (χ0v) is 14.1. The summed E-state index contributed by atoms with van der Waals surface area (Å²) in [6.07, 6.45) is 0.280. The zero-order chi connectivity index (χ0) is 17.9. The third kappa shape index (κ3) is 4.47. The van der Waals surface area contributed by atoms with Crippen LogP contribution in [0.15, 0.2) is 18.2 Å². The van der Waals surface area contributed by atoms with E-state index in [1.54, 1.807) is 17.0 Å². The standard InChI is InChI=1S/C17H22N2O5/c1-17(2,3)24-16(23)19-6-4-18(5-7-19)14-9-12(11-20)8-13(10-14)15(21)22/h8-11H,4-7H2,1-3H3,(H,21,22). The molecule has 1 fully saturated rings. The zero-order valence-electron chi connectivity index (χ0n) is 14.1. The van der Waals surface area contributed by atoms with Crippen molar-refractivity contribution >= 4 is 24.0 Å². The Morgan fingerprint density at radius 1 is 1.12 bits per heavy atom. The normalized spacial score (nSPS) is 15.1. The predicted octanol–water partition coefficient (Wildman–Crippen LogP) is 2.25. The number of carboxylic acids is 1. The molecule has 1 heterocycles. The Balaban J connectivity index is 2.07. The molecule has 0 unspecified atom stereocenters. The van der Waals surface area contributed by atoms with Gasteiger partial charge in [0.05, 0.1) is 5.56 Å². The highest BCUT2D eigenvalue weighted by Gasteiger charge is 2.26. The average Bonchev–Trinajstić information content (AvgIpc) is 2.52. The Morgan fingerprint density at radius 2 is 1.75 bits per heavy atom. The first-order valence-electron chi connectivity index (χ1n) is 7.76. The Hall–Kier alpha value is -2.57. The topological polar surface area (TPSA) is 87.2 Å². The summed E-state index contributed by atoms with van der Waals surface area (Å²) >= 11 is 0. The number of carbonyl (C=O) groups is 3. The molecular weight excluding hydrogens is 312 g/mol. The van der Waals surface area contributed by atoms with Gasteiger partial charge in [-0.2, -0.15) is 0 Å². The van der Waals surface area contributed by atoms with E-state index in [-0.39, 0.29) is 11.7 Å². The maximum absolute atomic E-state index is 12.1. The van der Waals surface area contributed by atoms with Crippen molar-refractivity contribution in [2.75, 3.05) is 31.1 Å². The van der Waals surface area contributed by atoms with Gasteiger partial charge in [0.2, 0.25) is 0 Å². The Kier molecular flexibility index (Phi) is 5.11. The fourth-order valence-corrected chi connectivity index (χ4v) is 2.48. The lowest BCUT2D eigenvalue weighted by Crippen LogP contribution is -2.50. The smallest absolute Gasteiger partial charge is 0.410 e. The Labute approximate surface area is 140 Å². The van der Waals surface area contributed by atoms with Crippen molar-refractivity contribution in [3.05, 3.63) is 29.3 Å². The molecule has 0 aliphatic carbocycles. The highest BCUT2D eigenvalue weighted by molar-refractivity contribution is 5.92. The van der Waals surface area contributed by atoms with Crippen LogP contribution >= 0.6 is 0 Å². The molecule has 1 aliphatic rings. The van der Waals surface area contributed by atoms with E-state index >= 15 is 0 Å². The van der Waals surface area contributed by atoms with Crippen LogP contribution in [0.1, 0.15) is 41.5 Å². The highest BCUT2D eigenvalue weighted by atomic mass is 16.6. The van der Waals surface area contributed by atoms with Gasteiger partial charge < -0.3 is 19.6 Å². The molecule has 1 aliphatic heterocycles. The number of piperazine rings is 1. The van der Waals surface area contributed by atoms with E-state index < -0.39 is 11.6 Å². The number of nitrogens with zero attached hydrogens (tertiary/aromatic N) is 2. The number of rotatable bonds is 3. The quantitative estimate of drug-likeness (QED) is 0.853. The molecule has 1 amide bonds. The third-order valence-electron chi connectivity index (χ3n) is 3.62. The summed E-state index contributed by atoms with van der Waals surface area (Å²) in [5, 5.41) is 9.15. The molecule has 24 heavy (non-hydrogen) atoms. The molecular formula is C17H22N2O5. The first kappa shape index (κ1) is 17.8. The largest absolute Gasteiger partial charge is 0.478 e. The summed E-state index contributed by atoms with van der Waals surface area (Å²) in [4.78, 5) is 37.8. The summed E-state index contributed by atoms with van der Waals surface area (Å²) < 4.78 is 5.35. The lowest BCUT2D eigenvalue weighted by Gasteiger charge is -2.36. The van der Waals surface area contributed by atoms with Crippen LogP contribution in [0.5, 0.6) is 0 Å². The molecule has 0 atom stereocenters. The summed E-state index contributed by atoms with van der Waals surface area (Å²) in [6, 6.07) is 4.54. The third-order valence-corrected chi connectivity index (χ3v) is 3.62. The van der Waals surface area contributed by atoms with Crippen molar-refractivity contribution in [3.8, 4) is 0 Å². The molecule has 2 rings (SSSR count).